The maximum Gasteiger partial charge on any atom is 0.222 e. The molecule has 1 amide bonds. The topological polar surface area (TPSA) is 29.5 Å². The number of methoxy groups -OCH3 is 1. The van der Waals surface area contributed by atoms with Gasteiger partial charge in [-0.15, -0.1) is 0 Å². The lowest BCUT2D eigenvalue weighted by atomic mass is 9.60. The molecule has 1 saturated heterocycles. The lowest BCUT2D eigenvalue weighted by Crippen LogP contribution is -2.38. The summed E-state index contributed by atoms with van der Waals surface area (Å²) in [4.78, 5) is 14.2. The van der Waals surface area contributed by atoms with E-state index in [9.17, 15) is 4.79 Å². The van der Waals surface area contributed by atoms with Crippen molar-refractivity contribution >= 4 is 5.91 Å². The minimum absolute atomic E-state index is 0.160. The highest BCUT2D eigenvalue weighted by Gasteiger charge is 2.45. The summed E-state index contributed by atoms with van der Waals surface area (Å²) in [5, 5.41) is 0. The molecule has 0 unspecified atom stereocenters. The van der Waals surface area contributed by atoms with E-state index in [4.69, 9.17) is 4.74 Å². The van der Waals surface area contributed by atoms with E-state index in [1.807, 2.05) is 18.0 Å². The van der Waals surface area contributed by atoms with Gasteiger partial charge >= 0.3 is 0 Å². The predicted molar refractivity (Wildman–Crippen MR) is 83.5 cm³/mol. The Kier molecular flexibility index (Phi) is 3.92. The summed E-state index contributed by atoms with van der Waals surface area (Å²) in [5.41, 5.74) is 1.53. The predicted octanol–water partition coefficient (Wildman–Crippen LogP) is 3.38. The second-order valence-corrected chi connectivity index (χ2v) is 6.60. The number of rotatable bonds is 2. The number of carbonyl (C=O) groups is 1. The van der Waals surface area contributed by atoms with Crippen LogP contribution in [0.4, 0.5) is 0 Å². The van der Waals surface area contributed by atoms with E-state index in [2.05, 4.69) is 18.2 Å². The second kappa shape index (κ2) is 5.70. The van der Waals surface area contributed by atoms with Gasteiger partial charge in [-0.05, 0) is 42.9 Å². The first-order valence-electron chi connectivity index (χ1n) is 8.04. The number of carbonyl (C=O) groups excluding carboxylic acids is 1. The fourth-order valence-corrected chi connectivity index (χ4v) is 4.25. The molecule has 2 atom stereocenters. The van der Waals surface area contributed by atoms with Crippen LogP contribution in [-0.4, -0.2) is 31.5 Å². The molecule has 3 rings (SSSR count). The van der Waals surface area contributed by atoms with Gasteiger partial charge in [0.2, 0.25) is 5.91 Å². The van der Waals surface area contributed by atoms with Crippen molar-refractivity contribution in [3.05, 3.63) is 29.8 Å². The minimum atomic E-state index is 0.160. The largest absolute Gasteiger partial charge is 0.497 e. The zero-order valence-corrected chi connectivity index (χ0v) is 13.1. The van der Waals surface area contributed by atoms with Crippen molar-refractivity contribution in [1.29, 1.82) is 0 Å². The van der Waals surface area contributed by atoms with Gasteiger partial charge in [-0.25, -0.2) is 0 Å². The Labute approximate surface area is 127 Å². The lowest BCUT2D eigenvalue weighted by Gasteiger charge is -2.43. The molecule has 0 aromatic heterocycles. The molecule has 1 aromatic carbocycles. The van der Waals surface area contributed by atoms with Crippen LogP contribution in [0.2, 0.25) is 0 Å². The summed E-state index contributed by atoms with van der Waals surface area (Å²) in [5.74, 6) is 1.72. The SMILES string of the molecule is COc1cccc([C@@]23CCCC[C@H]2CC(=O)N(C)CC3)c1. The van der Waals surface area contributed by atoms with E-state index in [1.165, 1.54) is 31.2 Å². The molecule has 1 aromatic rings. The molecule has 0 bridgehead atoms. The maximum atomic E-state index is 12.3. The maximum absolute atomic E-state index is 12.3. The summed E-state index contributed by atoms with van der Waals surface area (Å²) >= 11 is 0. The summed E-state index contributed by atoms with van der Waals surface area (Å²) in [6.45, 7) is 0.868. The number of fused-ring (bicyclic) bond motifs is 1. The standard InChI is InChI=1S/C18H25NO2/c1-19-11-10-18(14-7-5-8-16(12-14)21-2)9-4-3-6-15(18)13-17(19)20/h5,7-8,12,15H,3-4,6,9-11,13H2,1-2H3/t15-,18-/m0/s1. The molecular formula is C18H25NO2. The number of ether oxygens (including phenoxy) is 1. The Bertz CT molecular complexity index is 528. The molecule has 2 aliphatic rings. The molecule has 2 fully saturated rings. The number of hydrogen-bond acceptors (Lipinski definition) is 2. The van der Waals surface area contributed by atoms with Gasteiger partial charge in [0.25, 0.3) is 0 Å². The number of hydrogen-bond donors (Lipinski definition) is 0. The molecule has 1 aliphatic carbocycles. The molecule has 1 saturated carbocycles. The van der Waals surface area contributed by atoms with Gasteiger partial charge in [-0.2, -0.15) is 0 Å². The number of likely N-dealkylation sites (tertiary alicyclic amines) is 1. The molecular weight excluding hydrogens is 262 g/mol. The van der Waals surface area contributed by atoms with E-state index in [1.54, 1.807) is 7.11 Å². The highest BCUT2D eigenvalue weighted by atomic mass is 16.5. The smallest absolute Gasteiger partial charge is 0.222 e. The van der Waals surface area contributed by atoms with Crippen LogP contribution in [0.25, 0.3) is 0 Å². The van der Waals surface area contributed by atoms with E-state index >= 15 is 0 Å². The second-order valence-electron chi connectivity index (χ2n) is 6.60. The van der Waals surface area contributed by atoms with Gasteiger partial charge < -0.3 is 9.64 Å². The van der Waals surface area contributed by atoms with Crippen LogP contribution < -0.4 is 4.74 Å². The van der Waals surface area contributed by atoms with Crippen LogP contribution in [0.3, 0.4) is 0 Å². The molecule has 0 spiro atoms. The molecule has 114 valence electrons. The average molecular weight is 287 g/mol. The van der Waals surface area contributed by atoms with Crippen LogP contribution >= 0.6 is 0 Å². The van der Waals surface area contributed by atoms with Crippen LogP contribution in [0.5, 0.6) is 5.75 Å². The molecule has 1 heterocycles. The zero-order valence-electron chi connectivity index (χ0n) is 13.1. The van der Waals surface area contributed by atoms with Gasteiger partial charge in [0.15, 0.2) is 0 Å². The van der Waals surface area contributed by atoms with Crippen molar-refractivity contribution in [3.8, 4) is 5.75 Å². The van der Waals surface area contributed by atoms with Gasteiger partial charge in [-0.1, -0.05) is 25.0 Å². The van der Waals surface area contributed by atoms with Crippen LogP contribution in [0, 0.1) is 5.92 Å². The first kappa shape index (κ1) is 14.4. The Hall–Kier alpha value is -1.51. The van der Waals surface area contributed by atoms with Crippen LogP contribution in [0.15, 0.2) is 24.3 Å². The average Bonchev–Trinajstić information content (AvgIpc) is 2.66. The monoisotopic (exact) mass is 287 g/mol. The van der Waals surface area contributed by atoms with Crippen molar-refractivity contribution in [1.82, 2.24) is 4.90 Å². The first-order valence-corrected chi connectivity index (χ1v) is 8.04. The molecule has 21 heavy (non-hydrogen) atoms. The molecule has 0 N–H and O–H groups in total. The first-order chi connectivity index (χ1) is 10.2. The molecule has 3 nitrogen and oxygen atoms in total. The van der Waals surface area contributed by atoms with Crippen molar-refractivity contribution in [2.75, 3.05) is 20.7 Å². The van der Waals surface area contributed by atoms with E-state index in [0.717, 1.165) is 18.7 Å². The number of nitrogens with zero attached hydrogens (tertiary/aromatic N) is 1. The molecule has 1 aliphatic heterocycles. The number of benzene rings is 1. The van der Waals surface area contributed by atoms with Crippen molar-refractivity contribution in [2.24, 2.45) is 5.92 Å². The van der Waals surface area contributed by atoms with Crippen molar-refractivity contribution in [2.45, 2.75) is 43.9 Å². The van der Waals surface area contributed by atoms with Crippen LogP contribution in [0.1, 0.15) is 44.1 Å². The Morgan fingerprint density at radius 1 is 1.29 bits per heavy atom. The summed E-state index contributed by atoms with van der Waals surface area (Å²) in [6.07, 6.45) is 6.68. The van der Waals surface area contributed by atoms with Crippen molar-refractivity contribution < 1.29 is 9.53 Å². The van der Waals surface area contributed by atoms with Gasteiger partial charge in [-0.3, -0.25) is 4.79 Å². The van der Waals surface area contributed by atoms with Crippen molar-refractivity contribution in [3.63, 3.8) is 0 Å². The molecule has 0 radical (unpaired) electrons. The minimum Gasteiger partial charge on any atom is -0.497 e. The Morgan fingerprint density at radius 2 is 2.14 bits per heavy atom. The normalized spacial score (nSPS) is 29.7. The van der Waals surface area contributed by atoms with E-state index < -0.39 is 0 Å². The highest BCUT2D eigenvalue weighted by molar-refractivity contribution is 5.76. The highest BCUT2D eigenvalue weighted by Crippen LogP contribution is 2.49. The zero-order chi connectivity index (χ0) is 14.9. The Morgan fingerprint density at radius 3 is 2.95 bits per heavy atom. The summed E-state index contributed by atoms with van der Waals surface area (Å²) in [6, 6.07) is 8.52. The summed E-state index contributed by atoms with van der Waals surface area (Å²) in [7, 11) is 3.67. The number of amides is 1. The van der Waals surface area contributed by atoms with Crippen LogP contribution in [-0.2, 0) is 10.2 Å². The quantitative estimate of drug-likeness (QED) is 0.834. The molecule has 3 heteroatoms. The lowest BCUT2D eigenvalue weighted by molar-refractivity contribution is -0.130. The van der Waals surface area contributed by atoms with Gasteiger partial charge in [0, 0.05) is 25.4 Å². The fourth-order valence-electron chi connectivity index (χ4n) is 4.25. The Balaban J connectivity index is 2.02. The van der Waals surface area contributed by atoms with E-state index in [0.29, 0.717) is 18.2 Å². The third-order valence-corrected chi connectivity index (χ3v) is 5.59. The third-order valence-electron chi connectivity index (χ3n) is 5.59. The van der Waals surface area contributed by atoms with Gasteiger partial charge in [0.05, 0.1) is 7.11 Å². The summed E-state index contributed by atoms with van der Waals surface area (Å²) < 4.78 is 5.42. The van der Waals surface area contributed by atoms with Gasteiger partial charge in [0.1, 0.15) is 5.75 Å². The van der Waals surface area contributed by atoms with E-state index in [-0.39, 0.29) is 5.41 Å². The third kappa shape index (κ3) is 2.54. The fraction of sp³-hybridized carbons (Fsp3) is 0.611.